The summed E-state index contributed by atoms with van der Waals surface area (Å²) in [5.41, 5.74) is 4.68. The van der Waals surface area contributed by atoms with E-state index in [9.17, 15) is 5.11 Å². The number of aliphatic hydroxyl groups is 1. The number of unbranched alkanes of at least 4 members (excludes halogenated alkanes) is 1. The van der Waals surface area contributed by atoms with E-state index < -0.39 is 0 Å². The molecule has 3 aromatic rings. The molecule has 0 spiro atoms. The highest BCUT2D eigenvalue weighted by Crippen LogP contribution is 2.23. The van der Waals surface area contributed by atoms with Crippen molar-refractivity contribution in [3.8, 4) is 17.0 Å². The lowest BCUT2D eigenvalue weighted by molar-refractivity contribution is 0.182. The molecule has 1 aromatic heterocycles. The zero-order chi connectivity index (χ0) is 19.8. The lowest BCUT2D eigenvalue weighted by Gasteiger charge is -2.06. The van der Waals surface area contributed by atoms with Gasteiger partial charge in [-0.15, -0.1) is 0 Å². The van der Waals surface area contributed by atoms with Crippen molar-refractivity contribution in [2.75, 3.05) is 6.61 Å². The number of aliphatic hydroxyl groups excluding tert-OH is 1. The number of rotatable bonds is 9. The summed E-state index contributed by atoms with van der Waals surface area (Å²) in [5.74, 6) is 0.763. The fourth-order valence-electron chi connectivity index (χ4n) is 2.89. The van der Waals surface area contributed by atoms with Crippen molar-refractivity contribution in [3.63, 3.8) is 0 Å². The molecule has 28 heavy (non-hydrogen) atoms. The van der Waals surface area contributed by atoms with Crippen molar-refractivity contribution < 1.29 is 9.84 Å². The zero-order valence-corrected chi connectivity index (χ0v) is 16.2. The van der Waals surface area contributed by atoms with Crippen LogP contribution >= 0.6 is 0 Å². The molecule has 0 fully saturated rings. The van der Waals surface area contributed by atoms with E-state index in [4.69, 9.17) is 9.72 Å². The van der Waals surface area contributed by atoms with Crippen LogP contribution in [-0.2, 0) is 0 Å². The monoisotopic (exact) mass is 374 g/mol. The standard InChI is InChI=1S/C24H26N2O2/c1-3-15-28-21-13-14-22-23(16-21)25-17-24(26-22)20-11-9-19(10-12-20)8-6-4-5-7-18(2)27/h3,6,8-14,16-18,27H,1,4-5,7,15H2,2H3. The summed E-state index contributed by atoms with van der Waals surface area (Å²) in [7, 11) is 0. The molecule has 3 rings (SSSR count). The minimum Gasteiger partial charge on any atom is -0.489 e. The summed E-state index contributed by atoms with van der Waals surface area (Å²) in [6.45, 7) is 5.95. The van der Waals surface area contributed by atoms with Gasteiger partial charge in [-0.3, -0.25) is 4.98 Å². The molecule has 1 atom stereocenters. The van der Waals surface area contributed by atoms with Crippen LogP contribution in [0.4, 0.5) is 0 Å². The highest BCUT2D eigenvalue weighted by molar-refractivity contribution is 5.78. The van der Waals surface area contributed by atoms with Crippen LogP contribution in [0.1, 0.15) is 31.7 Å². The fraction of sp³-hybridized carbons (Fsp3) is 0.250. The minimum atomic E-state index is -0.220. The topological polar surface area (TPSA) is 55.2 Å². The average molecular weight is 374 g/mol. The molecular weight excluding hydrogens is 348 g/mol. The Balaban J connectivity index is 1.68. The van der Waals surface area contributed by atoms with Crippen LogP contribution in [-0.4, -0.2) is 27.8 Å². The molecule has 4 nitrogen and oxygen atoms in total. The Kier molecular flexibility index (Phi) is 6.93. The molecule has 0 saturated carbocycles. The second-order valence-corrected chi connectivity index (χ2v) is 6.81. The van der Waals surface area contributed by atoms with Gasteiger partial charge in [0.2, 0.25) is 0 Å². The first-order valence-electron chi connectivity index (χ1n) is 9.61. The van der Waals surface area contributed by atoms with Crippen LogP contribution in [0, 0.1) is 0 Å². The van der Waals surface area contributed by atoms with Crippen molar-refractivity contribution in [2.45, 2.75) is 32.3 Å². The number of allylic oxidation sites excluding steroid dienone is 1. The van der Waals surface area contributed by atoms with E-state index in [-0.39, 0.29) is 6.10 Å². The van der Waals surface area contributed by atoms with E-state index in [2.05, 4.69) is 48.0 Å². The minimum absolute atomic E-state index is 0.220. The summed E-state index contributed by atoms with van der Waals surface area (Å²) in [6, 6.07) is 14.0. The molecule has 0 aliphatic carbocycles. The maximum Gasteiger partial charge on any atom is 0.122 e. The summed E-state index contributed by atoms with van der Waals surface area (Å²) < 4.78 is 5.55. The number of nitrogens with zero attached hydrogens (tertiary/aromatic N) is 2. The maximum atomic E-state index is 9.28. The predicted octanol–water partition coefficient (Wildman–Crippen LogP) is 5.43. The lowest BCUT2D eigenvalue weighted by Crippen LogP contribution is -1.97. The molecule has 4 heteroatoms. The van der Waals surface area contributed by atoms with Gasteiger partial charge in [-0.1, -0.05) is 49.1 Å². The van der Waals surface area contributed by atoms with Crippen molar-refractivity contribution in [3.05, 3.63) is 73.0 Å². The predicted molar refractivity (Wildman–Crippen MR) is 115 cm³/mol. The van der Waals surface area contributed by atoms with Gasteiger partial charge in [0.05, 0.1) is 29.0 Å². The molecule has 0 saturated heterocycles. The zero-order valence-electron chi connectivity index (χ0n) is 16.2. The first-order valence-corrected chi connectivity index (χ1v) is 9.61. The van der Waals surface area contributed by atoms with Crippen LogP contribution in [0.5, 0.6) is 5.75 Å². The van der Waals surface area contributed by atoms with E-state index in [1.54, 1.807) is 12.3 Å². The number of aromatic nitrogens is 2. The first-order chi connectivity index (χ1) is 13.7. The van der Waals surface area contributed by atoms with E-state index in [0.717, 1.165) is 52.9 Å². The molecular formula is C24H26N2O2. The number of ether oxygens (including phenoxy) is 1. The Hall–Kier alpha value is -2.98. The Morgan fingerprint density at radius 1 is 1.14 bits per heavy atom. The Morgan fingerprint density at radius 3 is 2.71 bits per heavy atom. The molecule has 0 aliphatic rings. The normalized spacial score (nSPS) is 12.4. The molecule has 1 unspecified atom stereocenters. The second kappa shape index (κ2) is 9.81. The largest absolute Gasteiger partial charge is 0.489 e. The number of hydrogen-bond donors (Lipinski definition) is 1. The summed E-state index contributed by atoms with van der Waals surface area (Å²) in [5, 5.41) is 9.28. The smallest absolute Gasteiger partial charge is 0.122 e. The van der Waals surface area contributed by atoms with Gasteiger partial charge in [0.15, 0.2) is 0 Å². The van der Waals surface area contributed by atoms with Crippen molar-refractivity contribution in [2.24, 2.45) is 0 Å². The highest BCUT2D eigenvalue weighted by Gasteiger charge is 2.04. The van der Waals surface area contributed by atoms with Crippen LogP contribution in [0.15, 0.2) is 67.4 Å². The lowest BCUT2D eigenvalue weighted by atomic mass is 10.1. The van der Waals surface area contributed by atoms with Crippen LogP contribution in [0.3, 0.4) is 0 Å². The quantitative estimate of drug-likeness (QED) is 0.401. The van der Waals surface area contributed by atoms with E-state index in [1.807, 2.05) is 25.1 Å². The molecule has 0 radical (unpaired) electrons. The first kappa shape index (κ1) is 19.8. The Labute approximate surface area is 166 Å². The Bertz CT molecular complexity index is 946. The third-order valence-corrected chi connectivity index (χ3v) is 4.39. The van der Waals surface area contributed by atoms with Crippen LogP contribution < -0.4 is 4.74 Å². The van der Waals surface area contributed by atoms with Crippen LogP contribution in [0.25, 0.3) is 28.4 Å². The third kappa shape index (κ3) is 5.51. The van der Waals surface area contributed by atoms with Gasteiger partial charge in [0, 0.05) is 11.6 Å². The van der Waals surface area contributed by atoms with E-state index in [0.29, 0.717) is 6.61 Å². The molecule has 2 aromatic carbocycles. The Morgan fingerprint density at radius 2 is 1.96 bits per heavy atom. The molecule has 0 amide bonds. The van der Waals surface area contributed by atoms with Gasteiger partial charge in [0.1, 0.15) is 12.4 Å². The summed E-state index contributed by atoms with van der Waals surface area (Å²) in [6.07, 6.45) is 10.4. The van der Waals surface area contributed by atoms with Crippen molar-refractivity contribution in [1.82, 2.24) is 9.97 Å². The summed E-state index contributed by atoms with van der Waals surface area (Å²) >= 11 is 0. The van der Waals surface area contributed by atoms with Gasteiger partial charge in [-0.2, -0.15) is 0 Å². The molecule has 0 aliphatic heterocycles. The van der Waals surface area contributed by atoms with Crippen molar-refractivity contribution in [1.29, 1.82) is 0 Å². The second-order valence-electron chi connectivity index (χ2n) is 6.81. The van der Waals surface area contributed by atoms with Crippen LogP contribution in [0.2, 0.25) is 0 Å². The van der Waals surface area contributed by atoms with Gasteiger partial charge in [0.25, 0.3) is 0 Å². The number of benzene rings is 2. The van der Waals surface area contributed by atoms with E-state index in [1.165, 1.54) is 0 Å². The van der Waals surface area contributed by atoms with Crippen molar-refractivity contribution >= 4 is 17.1 Å². The molecule has 1 N–H and O–H groups in total. The highest BCUT2D eigenvalue weighted by atomic mass is 16.5. The van der Waals surface area contributed by atoms with Gasteiger partial charge in [-0.25, -0.2) is 4.98 Å². The van der Waals surface area contributed by atoms with Gasteiger partial charge < -0.3 is 9.84 Å². The number of hydrogen-bond acceptors (Lipinski definition) is 4. The van der Waals surface area contributed by atoms with Gasteiger partial charge in [-0.05, 0) is 43.9 Å². The third-order valence-electron chi connectivity index (χ3n) is 4.39. The van der Waals surface area contributed by atoms with Gasteiger partial charge >= 0.3 is 0 Å². The number of fused-ring (bicyclic) bond motifs is 1. The SMILES string of the molecule is C=CCOc1ccc2nc(-c3ccc(C=CCCCC(C)O)cc3)cnc2c1. The average Bonchev–Trinajstić information content (AvgIpc) is 2.71. The summed E-state index contributed by atoms with van der Waals surface area (Å²) in [4.78, 5) is 9.25. The van der Waals surface area contributed by atoms with E-state index >= 15 is 0 Å². The molecule has 1 heterocycles. The fourth-order valence-corrected chi connectivity index (χ4v) is 2.89. The molecule has 144 valence electrons. The maximum absolute atomic E-state index is 9.28. The molecule has 0 bridgehead atoms.